The first kappa shape index (κ1) is 21.4. The van der Waals surface area contributed by atoms with Crippen molar-refractivity contribution < 1.29 is 4.74 Å². The summed E-state index contributed by atoms with van der Waals surface area (Å²) in [6.45, 7) is 10.8. The molecule has 3 rings (SSSR count). The zero-order valence-electron chi connectivity index (χ0n) is 16.1. The van der Waals surface area contributed by atoms with Crippen LogP contribution < -0.4 is 10.6 Å². The molecule has 2 N–H and O–H groups in total. The van der Waals surface area contributed by atoms with Gasteiger partial charge in [0, 0.05) is 45.7 Å². The Morgan fingerprint density at radius 2 is 1.96 bits per heavy atom. The summed E-state index contributed by atoms with van der Waals surface area (Å²) < 4.78 is 7.69. The van der Waals surface area contributed by atoms with E-state index in [0.29, 0.717) is 18.5 Å². The number of fused-ring (bicyclic) bond motifs is 1. The lowest BCUT2D eigenvalue weighted by Gasteiger charge is -2.37. The van der Waals surface area contributed by atoms with Gasteiger partial charge in [-0.1, -0.05) is 13.8 Å². The van der Waals surface area contributed by atoms with E-state index in [-0.39, 0.29) is 24.0 Å². The molecule has 0 saturated carbocycles. The summed E-state index contributed by atoms with van der Waals surface area (Å²) in [5.41, 5.74) is 0. The predicted molar refractivity (Wildman–Crippen MR) is 113 cm³/mol. The van der Waals surface area contributed by atoms with E-state index in [1.165, 1.54) is 6.42 Å². The molecule has 1 saturated heterocycles. The monoisotopic (exact) mass is 477 g/mol. The van der Waals surface area contributed by atoms with Gasteiger partial charge in [-0.3, -0.25) is 9.89 Å². The van der Waals surface area contributed by atoms with E-state index >= 15 is 0 Å². The van der Waals surface area contributed by atoms with Gasteiger partial charge in [-0.25, -0.2) is 0 Å². The van der Waals surface area contributed by atoms with Crippen LogP contribution in [0.5, 0.6) is 0 Å². The Bertz CT molecular complexity index is 584. The Morgan fingerprint density at radius 3 is 2.65 bits per heavy atom. The minimum absolute atomic E-state index is 0. The SMILES string of the molecule is CN=C(NCc1nnc2n1CCC2)NCC(C(C)C)N1CCOCC1.I. The van der Waals surface area contributed by atoms with Crippen LogP contribution in [0, 0.1) is 5.92 Å². The summed E-state index contributed by atoms with van der Waals surface area (Å²) in [5, 5.41) is 15.4. The van der Waals surface area contributed by atoms with Gasteiger partial charge in [-0.2, -0.15) is 0 Å². The maximum atomic E-state index is 5.48. The Morgan fingerprint density at radius 1 is 1.19 bits per heavy atom. The van der Waals surface area contributed by atoms with Crippen LogP contribution in [0.1, 0.15) is 31.9 Å². The van der Waals surface area contributed by atoms with Gasteiger partial charge in [0.2, 0.25) is 0 Å². The number of morpholine rings is 1. The van der Waals surface area contributed by atoms with Crippen molar-refractivity contribution in [1.29, 1.82) is 0 Å². The molecule has 1 aromatic rings. The van der Waals surface area contributed by atoms with Crippen molar-refractivity contribution in [3.63, 3.8) is 0 Å². The Labute approximate surface area is 173 Å². The number of hydrogen-bond donors (Lipinski definition) is 2. The summed E-state index contributed by atoms with van der Waals surface area (Å²) in [6.07, 6.45) is 2.20. The van der Waals surface area contributed by atoms with Crippen molar-refractivity contribution in [1.82, 2.24) is 30.3 Å². The molecule has 2 aliphatic rings. The molecule has 0 radical (unpaired) electrons. The number of aliphatic imine (C=N–C) groups is 1. The van der Waals surface area contributed by atoms with Gasteiger partial charge in [-0.15, -0.1) is 34.2 Å². The normalized spacial score (nSPS) is 19.2. The van der Waals surface area contributed by atoms with Crippen molar-refractivity contribution in [2.75, 3.05) is 39.9 Å². The molecule has 0 spiro atoms. The van der Waals surface area contributed by atoms with E-state index in [4.69, 9.17) is 4.74 Å². The molecule has 1 fully saturated rings. The standard InChI is InChI=1S/C17H31N7O.HI/c1-13(2)14(23-7-9-25-10-8-23)11-19-17(18-3)20-12-16-22-21-15-5-4-6-24(15)16;/h13-14H,4-12H2,1-3H3,(H2,18,19,20);1H. The van der Waals surface area contributed by atoms with Crippen molar-refractivity contribution in [2.24, 2.45) is 10.9 Å². The van der Waals surface area contributed by atoms with Crippen molar-refractivity contribution in [3.05, 3.63) is 11.6 Å². The molecule has 3 heterocycles. The predicted octanol–water partition coefficient (Wildman–Crippen LogP) is 0.864. The summed E-state index contributed by atoms with van der Waals surface area (Å²) in [7, 11) is 1.81. The van der Waals surface area contributed by atoms with Gasteiger partial charge < -0.3 is 19.9 Å². The van der Waals surface area contributed by atoms with Crippen LogP contribution in [0.4, 0.5) is 0 Å². The average Bonchev–Trinajstić information content (AvgIpc) is 3.22. The molecule has 0 amide bonds. The molecule has 26 heavy (non-hydrogen) atoms. The van der Waals surface area contributed by atoms with Gasteiger partial charge >= 0.3 is 0 Å². The molecule has 1 unspecified atom stereocenters. The first-order chi connectivity index (χ1) is 12.2. The molecule has 2 aliphatic heterocycles. The summed E-state index contributed by atoms with van der Waals surface area (Å²) in [6, 6.07) is 0.472. The molecular formula is C17H32IN7O. The molecule has 0 bridgehead atoms. The molecule has 148 valence electrons. The number of nitrogens with one attached hydrogen (secondary N) is 2. The smallest absolute Gasteiger partial charge is 0.191 e. The highest BCUT2D eigenvalue weighted by atomic mass is 127. The molecule has 8 nitrogen and oxygen atoms in total. The third-order valence-corrected chi connectivity index (χ3v) is 5.09. The van der Waals surface area contributed by atoms with E-state index in [1.54, 1.807) is 0 Å². The second-order valence-corrected chi connectivity index (χ2v) is 7.05. The number of guanidine groups is 1. The second kappa shape index (κ2) is 10.4. The lowest BCUT2D eigenvalue weighted by Crippen LogP contribution is -2.52. The van der Waals surface area contributed by atoms with Gasteiger partial charge in [0.25, 0.3) is 0 Å². The molecule has 0 aliphatic carbocycles. The van der Waals surface area contributed by atoms with Crippen molar-refractivity contribution in [2.45, 2.75) is 45.8 Å². The van der Waals surface area contributed by atoms with Gasteiger partial charge in [0.15, 0.2) is 11.8 Å². The van der Waals surface area contributed by atoms with Crippen LogP contribution >= 0.6 is 24.0 Å². The van der Waals surface area contributed by atoms with Gasteiger partial charge in [0.05, 0.1) is 19.8 Å². The third-order valence-electron chi connectivity index (χ3n) is 5.09. The van der Waals surface area contributed by atoms with Crippen LogP contribution in [-0.2, 0) is 24.2 Å². The summed E-state index contributed by atoms with van der Waals surface area (Å²) in [5.74, 6) is 3.48. The number of nitrogens with zero attached hydrogens (tertiary/aromatic N) is 5. The fourth-order valence-corrected chi connectivity index (χ4v) is 3.62. The van der Waals surface area contributed by atoms with Crippen molar-refractivity contribution >= 4 is 29.9 Å². The number of aromatic nitrogens is 3. The van der Waals surface area contributed by atoms with E-state index in [2.05, 4.69) is 49.1 Å². The Kier molecular flexibility index (Phi) is 8.55. The fraction of sp³-hybridized carbons (Fsp3) is 0.824. The zero-order chi connectivity index (χ0) is 17.6. The van der Waals surface area contributed by atoms with E-state index in [0.717, 1.165) is 63.4 Å². The molecular weight excluding hydrogens is 445 g/mol. The summed E-state index contributed by atoms with van der Waals surface area (Å²) >= 11 is 0. The first-order valence-electron chi connectivity index (χ1n) is 9.36. The first-order valence-corrected chi connectivity index (χ1v) is 9.36. The van der Waals surface area contributed by atoms with Gasteiger partial charge in [-0.05, 0) is 12.3 Å². The number of aryl methyl sites for hydroxylation is 1. The number of hydrogen-bond acceptors (Lipinski definition) is 5. The topological polar surface area (TPSA) is 79.6 Å². The number of rotatable bonds is 6. The number of halogens is 1. The van der Waals surface area contributed by atoms with Gasteiger partial charge in [0.1, 0.15) is 5.82 Å². The molecule has 0 aromatic carbocycles. The van der Waals surface area contributed by atoms with Crippen LogP contribution in [0.3, 0.4) is 0 Å². The maximum Gasteiger partial charge on any atom is 0.191 e. The lowest BCUT2D eigenvalue weighted by molar-refractivity contribution is 0.00752. The van der Waals surface area contributed by atoms with Crippen LogP contribution in [0.15, 0.2) is 4.99 Å². The average molecular weight is 477 g/mol. The van der Waals surface area contributed by atoms with E-state index in [1.807, 2.05) is 7.05 Å². The summed E-state index contributed by atoms with van der Waals surface area (Å²) in [4.78, 5) is 6.86. The number of ether oxygens (including phenoxy) is 1. The quantitative estimate of drug-likeness (QED) is 0.360. The van der Waals surface area contributed by atoms with E-state index < -0.39 is 0 Å². The van der Waals surface area contributed by atoms with Crippen LogP contribution in [0.2, 0.25) is 0 Å². The minimum Gasteiger partial charge on any atom is -0.379 e. The van der Waals surface area contributed by atoms with E-state index in [9.17, 15) is 0 Å². The molecule has 1 aromatic heterocycles. The van der Waals surface area contributed by atoms with Crippen LogP contribution in [-0.4, -0.2) is 71.6 Å². The van der Waals surface area contributed by atoms with Crippen molar-refractivity contribution in [3.8, 4) is 0 Å². The largest absolute Gasteiger partial charge is 0.379 e. The Hall–Kier alpha value is -0.940. The van der Waals surface area contributed by atoms with Crippen LogP contribution in [0.25, 0.3) is 0 Å². The highest BCUT2D eigenvalue weighted by Crippen LogP contribution is 2.14. The minimum atomic E-state index is 0. The molecule has 1 atom stereocenters. The maximum absolute atomic E-state index is 5.48. The molecule has 9 heteroatoms. The lowest BCUT2D eigenvalue weighted by atomic mass is 10.0. The second-order valence-electron chi connectivity index (χ2n) is 7.05. The zero-order valence-corrected chi connectivity index (χ0v) is 18.4. The third kappa shape index (κ3) is 5.29. The Balaban J connectivity index is 0.00000243. The fourth-order valence-electron chi connectivity index (χ4n) is 3.62. The highest BCUT2D eigenvalue weighted by molar-refractivity contribution is 14.0. The highest BCUT2D eigenvalue weighted by Gasteiger charge is 2.24.